The molecule has 2 heterocycles. The third-order valence-electron chi connectivity index (χ3n) is 5.75. The van der Waals surface area contributed by atoms with Crippen molar-refractivity contribution in [3.8, 4) is 0 Å². The topological polar surface area (TPSA) is 70.8 Å². The lowest BCUT2D eigenvalue weighted by atomic mass is 9.96. The van der Waals surface area contributed by atoms with Crippen LogP contribution in [-0.2, 0) is 12.3 Å². The summed E-state index contributed by atoms with van der Waals surface area (Å²) in [5.41, 5.74) is 0.724. The Bertz CT molecular complexity index is 1380. The van der Waals surface area contributed by atoms with Gasteiger partial charge in [-0.1, -0.05) is 64.5 Å². The predicted octanol–water partition coefficient (Wildman–Crippen LogP) is 4.91. The highest BCUT2D eigenvalue weighted by Gasteiger charge is 2.52. The van der Waals surface area contributed by atoms with E-state index in [1.807, 2.05) is 37.3 Å². The molecule has 5 nitrogen and oxygen atoms in total. The summed E-state index contributed by atoms with van der Waals surface area (Å²) in [4.78, 5) is 27.4. The lowest BCUT2D eigenvalue weighted by molar-refractivity contribution is 0.0320. The van der Waals surface area contributed by atoms with Crippen molar-refractivity contribution in [1.29, 1.82) is 0 Å². The fourth-order valence-electron chi connectivity index (χ4n) is 4.22. The highest BCUT2D eigenvalue weighted by Crippen LogP contribution is 2.47. The first kappa shape index (κ1) is 19.7. The molecule has 0 radical (unpaired) electrons. The number of hydrogen-bond acceptors (Lipinski definition) is 5. The minimum absolute atomic E-state index is 0.253. The highest BCUT2D eigenvalue weighted by atomic mass is 79.9. The molecule has 154 valence electrons. The van der Waals surface area contributed by atoms with Crippen molar-refractivity contribution in [2.45, 2.75) is 19.2 Å². The van der Waals surface area contributed by atoms with Crippen LogP contribution in [-0.4, -0.2) is 10.9 Å². The van der Waals surface area contributed by atoms with Crippen LogP contribution >= 0.6 is 15.9 Å². The van der Waals surface area contributed by atoms with Crippen molar-refractivity contribution in [3.63, 3.8) is 0 Å². The van der Waals surface area contributed by atoms with Gasteiger partial charge in [-0.25, -0.2) is 4.79 Å². The Morgan fingerprint density at radius 1 is 1.00 bits per heavy atom. The summed E-state index contributed by atoms with van der Waals surface area (Å²) in [6, 6.07) is 21.5. The molecule has 3 aromatic carbocycles. The number of ketones is 1. The van der Waals surface area contributed by atoms with Gasteiger partial charge in [-0.05, 0) is 36.2 Å². The van der Waals surface area contributed by atoms with Gasteiger partial charge in [-0.3, -0.25) is 4.79 Å². The van der Waals surface area contributed by atoms with Crippen LogP contribution in [0.15, 0.2) is 86.5 Å². The van der Waals surface area contributed by atoms with E-state index in [9.17, 15) is 14.7 Å². The molecular weight excluding hydrogens is 458 g/mol. The second-order valence-corrected chi connectivity index (χ2v) is 8.58. The molecule has 4 aromatic rings. The van der Waals surface area contributed by atoms with Crippen molar-refractivity contribution in [2.75, 3.05) is 4.90 Å². The fraction of sp³-hybridized carbons (Fsp3) is 0.120. The number of aliphatic hydroxyl groups is 1. The van der Waals surface area contributed by atoms with Gasteiger partial charge in [0.05, 0.1) is 11.3 Å². The monoisotopic (exact) mass is 475 g/mol. The first-order valence-electron chi connectivity index (χ1n) is 9.82. The van der Waals surface area contributed by atoms with E-state index in [0.717, 1.165) is 21.0 Å². The molecule has 0 saturated carbocycles. The lowest BCUT2D eigenvalue weighted by Gasteiger charge is -2.34. The molecule has 1 aliphatic rings. The van der Waals surface area contributed by atoms with Crippen LogP contribution in [0.25, 0.3) is 11.0 Å². The molecule has 0 spiro atoms. The summed E-state index contributed by atoms with van der Waals surface area (Å²) < 4.78 is 6.42. The first-order valence-corrected chi connectivity index (χ1v) is 10.6. The van der Waals surface area contributed by atoms with Gasteiger partial charge >= 0.3 is 5.63 Å². The summed E-state index contributed by atoms with van der Waals surface area (Å²) >= 11 is 3.40. The summed E-state index contributed by atoms with van der Waals surface area (Å²) in [6.07, 6.45) is 0. The molecular formula is C25H18BrNO4. The second kappa shape index (κ2) is 7.18. The van der Waals surface area contributed by atoms with E-state index in [-0.39, 0.29) is 6.54 Å². The van der Waals surface area contributed by atoms with Crippen molar-refractivity contribution < 1.29 is 14.3 Å². The number of hydrogen-bond donors (Lipinski definition) is 1. The Balaban J connectivity index is 1.81. The Morgan fingerprint density at radius 3 is 2.42 bits per heavy atom. The molecule has 0 saturated heterocycles. The maximum atomic E-state index is 13.6. The fourth-order valence-corrected chi connectivity index (χ4v) is 4.49. The van der Waals surface area contributed by atoms with Gasteiger partial charge in [0.2, 0.25) is 11.5 Å². The van der Waals surface area contributed by atoms with Crippen LogP contribution in [0.2, 0.25) is 0 Å². The van der Waals surface area contributed by atoms with Gasteiger partial charge in [0.1, 0.15) is 0 Å². The van der Waals surface area contributed by atoms with Gasteiger partial charge in [0.15, 0.2) is 5.58 Å². The molecule has 1 atom stereocenters. The number of carbonyl (C=O) groups is 1. The zero-order valence-corrected chi connectivity index (χ0v) is 18.2. The van der Waals surface area contributed by atoms with Gasteiger partial charge in [-0.2, -0.15) is 0 Å². The minimum Gasteiger partial charge on any atom is -0.420 e. The zero-order chi connectivity index (χ0) is 21.8. The van der Waals surface area contributed by atoms with Crippen LogP contribution < -0.4 is 10.5 Å². The van der Waals surface area contributed by atoms with Crippen molar-refractivity contribution in [3.05, 3.63) is 110 Å². The average Bonchev–Trinajstić information content (AvgIpc) is 2.98. The van der Waals surface area contributed by atoms with Crippen LogP contribution in [0.4, 0.5) is 5.69 Å². The van der Waals surface area contributed by atoms with E-state index in [2.05, 4.69) is 15.9 Å². The van der Waals surface area contributed by atoms with Gasteiger partial charge < -0.3 is 14.4 Å². The molecule has 1 unspecified atom stereocenters. The molecule has 0 bridgehead atoms. The third kappa shape index (κ3) is 3.02. The number of aryl methyl sites for hydroxylation is 1. The van der Waals surface area contributed by atoms with E-state index < -0.39 is 17.1 Å². The van der Waals surface area contributed by atoms with Crippen molar-refractivity contribution in [1.82, 2.24) is 0 Å². The molecule has 31 heavy (non-hydrogen) atoms. The Labute approximate surface area is 186 Å². The number of fused-ring (bicyclic) bond motifs is 3. The maximum Gasteiger partial charge on any atom is 0.336 e. The molecule has 0 amide bonds. The summed E-state index contributed by atoms with van der Waals surface area (Å²) in [5.74, 6) is -0.452. The lowest BCUT2D eigenvalue weighted by Crippen LogP contribution is -2.47. The van der Waals surface area contributed by atoms with E-state index in [0.29, 0.717) is 22.4 Å². The number of rotatable bonds is 3. The van der Waals surface area contributed by atoms with E-state index in [4.69, 9.17) is 4.42 Å². The van der Waals surface area contributed by atoms with Gasteiger partial charge in [0.25, 0.3) is 0 Å². The molecule has 1 aromatic heterocycles. The second-order valence-electron chi connectivity index (χ2n) is 7.67. The quantitative estimate of drug-likeness (QED) is 0.426. The Morgan fingerprint density at radius 2 is 1.71 bits per heavy atom. The Hall–Kier alpha value is -3.22. The zero-order valence-electron chi connectivity index (χ0n) is 16.6. The number of halogens is 1. The van der Waals surface area contributed by atoms with Crippen LogP contribution in [0.5, 0.6) is 0 Å². The largest absolute Gasteiger partial charge is 0.420 e. The maximum absolute atomic E-state index is 13.6. The smallest absolute Gasteiger partial charge is 0.336 e. The van der Waals surface area contributed by atoms with Crippen LogP contribution in [0.1, 0.15) is 27.0 Å². The number of nitrogens with zero attached hydrogens (tertiary/aromatic N) is 1. The number of carbonyl (C=O) groups excluding carboxylic acids is 1. The van der Waals surface area contributed by atoms with Crippen LogP contribution in [0, 0.1) is 6.92 Å². The first-order chi connectivity index (χ1) is 14.9. The van der Waals surface area contributed by atoms with E-state index in [1.165, 1.54) is 6.07 Å². The summed E-state index contributed by atoms with van der Waals surface area (Å²) in [5, 5.41) is 12.6. The minimum atomic E-state index is -1.94. The summed E-state index contributed by atoms with van der Waals surface area (Å²) in [7, 11) is 0. The molecule has 1 N–H and O–H groups in total. The standard InChI is InChI=1S/C25H18BrNO4/c1-15-13-21(28)31-23-19(15)11-12-20-22(23)27(14-16-5-3-2-4-6-16)25(30,24(20)29)17-7-9-18(26)10-8-17/h2-13,30H,14H2,1H3. The summed E-state index contributed by atoms with van der Waals surface area (Å²) in [6.45, 7) is 2.08. The van der Waals surface area contributed by atoms with E-state index in [1.54, 1.807) is 41.3 Å². The molecule has 1 aliphatic heterocycles. The third-order valence-corrected chi connectivity index (χ3v) is 6.27. The van der Waals surface area contributed by atoms with Crippen molar-refractivity contribution in [2.24, 2.45) is 0 Å². The van der Waals surface area contributed by atoms with Gasteiger partial charge in [0, 0.05) is 28.0 Å². The molecule has 5 rings (SSSR count). The highest BCUT2D eigenvalue weighted by molar-refractivity contribution is 9.10. The SMILES string of the molecule is Cc1cc(=O)oc2c3c(ccc12)C(=O)C(O)(c1ccc(Br)cc1)N3Cc1ccccc1. The molecule has 0 fully saturated rings. The van der Waals surface area contributed by atoms with E-state index >= 15 is 0 Å². The predicted molar refractivity (Wildman–Crippen MR) is 122 cm³/mol. The van der Waals surface area contributed by atoms with Crippen LogP contribution in [0.3, 0.4) is 0 Å². The van der Waals surface area contributed by atoms with Crippen molar-refractivity contribution >= 4 is 38.4 Å². The molecule has 6 heteroatoms. The number of benzene rings is 3. The van der Waals surface area contributed by atoms with Gasteiger partial charge in [-0.15, -0.1) is 0 Å². The molecule has 0 aliphatic carbocycles. The average molecular weight is 476 g/mol. The Kier molecular flexibility index (Phi) is 4.57. The number of Topliss-reactive ketones (excluding diaryl/α,β-unsaturated/α-hetero) is 1. The normalized spacial score (nSPS) is 17.9. The number of anilines is 1.